The fourth-order valence-electron chi connectivity index (χ4n) is 3.01. The first-order valence-electron chi connectivity index (χ1n) is 7.59. The standard InChI is InChI=1S/C18H18BrNO4/c1-23-16-9-13-12(17(22)18(16)24-2)5-6-20-15(13)8-10-7-11(21)3-4-14(10)19/h3-4,7,9,21-22H,5-6,8H2,1-2H3/p+1. The highest BCUT2D eigenvalue weighted by Gasteiger charge is 2.28. The summed E-state index contributed by atoms with van der Waals surface area (Å²) in [5, 5.41) is 20.3. The number of phenolic OH excluding ortho intramolecular Hbond substituents is 2. The Labute approximate surface area is 148 Å². The summed E-state index contributed by atoms with van der Waals surface area (Å²) in [6.45, 7) is 0.724. The van der Waals surface area contributed by atoms with Crippen LogP contribution in [0.3, 0.4) is 0 Å². The number of nitrogens with one attached hydrogen (secondary N) is 1. The van der Waals surface area contributed by atoms with Crippen molar-refractivity contribution in [2.45, 2.75) is 12.8 Å². The molecule has 0 saturated heterocycles. The van der Waals surface area contributed by atoms with Gasteiger partial charge in [-0.05, 0) is 29.8 Å². The van der Waals surface area contributed by atoms with E-state index in [9.17, 15) is 10.2 Å². The zero-order chi connectivity index (χ0) is 17.3. The maximum atomic E-state index is 10.5. The number of fused-ring (bicyclic) bond motifs is 1. The van der Waals surface area contributed by atoms with Gasteiger partial charge in [-0.2, -0.15) is 0 Å². The van der Waals surface area contributed by atoms with Crippen molar-refractivity contribution in [3.63, 3.8) is 0 Å². The molecule has 0 spiro atoms. The number of aromatic hydroxyl groups is 2. The summed E-state index contributed by atoms with van der Waals surface area (Å²) < 4.78 is 11.5. The van der Waals surface area contributed by atoms with Crippen molar-refractivity contribution in [2.75, 3.05) is 20.8 Å². The number of methoxy groups -OCH3 is 2. The highest BCUT2D eigenvalue weighted by molar-refractivity contribution is 9.10. The molecule has 0 aliphatic carbocycles. The van der Waals surface area contributed by atoms with E-state index in [1.54, 1.807) is 19.2 Å². The third kappa shape index (κ3) is 2.94. The van der Waals surface area contributed by atoms with Crippen molar-refractivity contribution in [1.82, 2.24) is 0 Å². The van der Waals surface area contributed by atoms with Gasteiger partial charge in [0.1, 0.15) is 12.3 Å². The van der Waals surface area contributed by atoms with E-state index in [0.717, 1.165) is 33.4 Å². The largest absolute Gasteiger partial charge is 0.508 e. The smallest absolute Gasteiger partial charge is 0.203 e. The van der Waals surface area contributed by atoms with E-state index >= 15 is 0 Å². The first-order valence-corrected chi connectivity index (χ1v) is 8.38. The minimum absolute atomic E-state index is 0.126. The third-order valence-corrected chi connectivity index (χ3v) is 4.96. The second kappa shape index (κ2) is 6.73. The Hall–Kier alpha value is -2.21. The zero-order valence-electron chi connectivity index (χ0n) is 13.5. The van der Waals surface area contributed by atoms with E-state index in [1.807, 2.05) is 12.1 Å². The van der Waals surface area contributed by atoms with Gasteiger partial charge in [0, 0.05) is 16.5 Å². The molecule has 3 rings (SSSR count). The molecule has 0 bridgehead atoms. The van der Waals surface area contributed by atoms with Gasteiger partial charge in [0.2, 0.25) is 5.75 Å². The van der Waals surface area contributed by atoms with Crippen LogP contribution in [0.25, 0.3) is 0 Å². The quantitative estimate of drug-likeness (QED) is 0.737. The molecule has 1 heterocycles. The molecule has 0 atom stereocenters. The number of hydrogen-bond acceptors (Lipinski definition) is 4. The lowest BCUT2D eigenvalue weighted by atomic mass is 9.92. The minimum atomic E-state index is 0.126. The Kier molecular flexibility index (Phi) is 4.66. The normalized spacial score (nSPS) is 13.2. The van der Waals surface area contributed by atoms with Gasteiger partial charge in [0.05, 0.1) is 26.2 Å². The molecule has 2 aromatic rings. The van der Waals surface area contributed by atoms with Crippen molar-refractivity contribution in [1.29, 1.82) is 0 Å². The van der Waals surface area contributed by atoms with Crippen LogP contribution in [0.15, 0.2) is 28.7 Å². The SMILES string of the molecule is COc1cc2c(c(O)c1OC)CC[NH+]=C2Cc1cc(O)ccc1Br. The van der Waals surface area contributed by atoms with Gasteiger partial charge in [-0.15, -0.1) is 0 Å². The fourth-order valence-corrected chi connectivity index (χ4v) is 3.40. The molecule has 1 aliphatic heterocycles. The minimum Gasteiger partial charge on any atom is -0.508 e. The molecule has 0 amide bonds. The lowest BCUT2D eigenvalue weighted by Gasteiger charge is -2.18. The fraction of sp³-hybridized carbons (Fsp3) is 0.278. The van der Waals surface area contributed by atoms with Crippen molar-refractivity contribution >= 4 is 21.6 Å². The summed E-state index contributed by atoms with van der Waals surface area (Å²) in [4.78, 5) is 3.39. The molecule has 0 unspecified atom stereocenters. The summed E-state index contributed by atoms with van der Waals surface area (Å²) >= 11 is 3.52. The van der Waals surface area contributed by atoms with Crippen molar-refractivity contribution in [2.24, 2.45) is 0 Å². The van der Waals surface area contributed by atoms with Crippen LogP contribution in [-0.2, 0) is 12.8 Å². The Bertz CT molecular complexity index is 817. The molecular formula is C18H19BrNO4+. The van der Waals surface area contributed by atoms with Crippen LogP contribution in [0.5, 0.6) is 23.0 Å². The van der Waals surface area contributed by atoms with Gasteiger partial charge < -0.3 is 19.7 Å². The molecule has 126 valence electrons. The number of ether oxygens (including phenoxy) is 2. The van der Waals surface area contributed by atoms with Crippen LogP contribution in [0, 0.1) is 0 Å². The van der Waals surface area contributed by atoms with E-state index < -0.39 is 0 Å². The summed E-state index contributed by atoms with van der Waals surface area (Å²) in [5.41, 5.74) is 3.68. The van der Waals surface area contributed by atoms with Crippen LogP contribution in [0.4, 0.5) is 0 Å². The molecule has 3 N–H and O–H groups in total. The van der Waals surface area contributed by atoms with Gasteiger partial charge >= 0.3 is 0 Å². The molecule has 0 fully saturated rings. The van der Waals surface area contributed by atoms with Crippen molar-refractivity contribution in [3.05, 3.63) is 45.4 Å². The number of hydrogen-bond donors (Lipinski definition) is 3. The van der Waals surface area contributed by atoms with Crippen LogP contribution >= 0.6 is 15.9 Å². The van der Waals surface area contributed by atoms with Gasteiger partial charge in [0.25, 0.3) is 0 Å². The molecule has 0 radical (unpaired) electrons. The van der Waals surface area contributed by atoms with Crippen LogP contribution < -0.4 is 14.5 Å². The summed E-state index contributed by atoms with van der Waals surface area (Å²) in [6, 6.07) is 7.07. The summed E-state index contributed by atoms with van der Waals surface area (Å²) in [5.74, 6) is 1.20. The molecule has 5 nitrogen and oxygen atoms in total. The first-order chi connectivity index (χ1) is 11.5. The average molecular weight is 393 g/mol. The summed E-state index contributed by atoms with van der Waals surface area (Å²) in [6.07, 6.45) is 1.29. The molecule has 24 heavy (non-hydrogen) atoms. The Morgan fingerprint density at radius 1 is 1.17 bits per heavy atom. The maximum Gasteiger partial charge on any atom is 0.203 e. The predicted molar refractivity (Wildman–Crippen MR) is 94.4 cm³/mol. The second-order valence-corrected chi connectivity index (χ2v) is 6.45. The molecule has 0 aromatic heterocycles. The summed E-state index contributed by atoms with van der Waals surface area (Å²) in [7, 11) is 3.06. The third-order valence-electron chi connectivity index (χ3n) is 4.18. The van der Waals surface area contributed by atoms with E-state index in [2.05, 4.69) is 20.9 Å². The average Bonchev–Trinajstić information content (AvgIpc) is 2.58. The molecule has 0 saturated carbocycles. The topological polar surface area (TPSA) is 72.9 Å². The van der Waals surface area contributed by atoms with Gasteiger partial charge in [-0.1, -0.05) is 15.9 Å². The molecule has 1 aliphatic rings. The van der Waals surface area contributed by atoms with E-state index in [-0.39, 0.29) is 11.5 Å². The van der Waals surface area contributed by atoms with Gasteiger partial charge in [-0.3, -0.25) is 0 Å². The first kappa shape index (κ1) is 16.6. The number of rotatable bonds is 4. The van der Waals surface area contributed by atoms with Gasteiger partial charge in [-0.25, -0.2) is 4.99 Å². The molecule has 2 aromatic carbocycles. The lowest BCUT2D eigenvalue weighted by Crippen LogP contribution is -2.76. The van der Waals surface area contributed by atoms with E-state index in [0.29, 0.717) is 24.3 Å². The number of phenols is 2. The monoisotopic (exact) mass is 392 g/mol. The Balaban J connectivity index is 2.06. The van der Waals surface area contributed by atoms with Crippen molar-refractivity contribution < 1.29 is 24.7 Å². The Morgan fingerprint density at radius 2 is 1.96 bits per heavy atom. The predicted octanol–water partition coefficient (Wildman–Crippen LogP) is 1.55. The van der Waals surface area contributed by atoms with Gasteiger partial charge in [0.15, 0.2) is 17.2 Å². The van der Waals surface area contributed by atoms with Crippen LogP contribution in [0.1, 0.15) is 16.7 Å². The number of benzene rings is 2. The molecular weight excluding hydrogens is 374 g/mol. The Morgan fingerprint density at radius 3 is 2.67 bits per heavy atom. The highest BCUT2D eigenvalue weighted by atomic mass is 79.9. The van der Waals surface area contributed by atoms with Crippen LogP contribution in [0.2, 0.25) is 0 Å². The van der Waals surface area contributed by atoms with Crippen LogP contribution in [-0.4, -0.2) is 36.7 Å². The lowest BCUT2D eigenvalue weighted by molar-refractivity contribution is -0.458. The van der Waals surface area contributed by atoms with Crippen molar-refractivity contribution in [3.8, 4) is 23.0 Å². The second-order valence-electron chi connectivity index (χ2n) is 5.59. The highest BCUT2D eigenvalue weighted by Crippen LogP contribution is 2.42. The number of halogens is 1. The molecule has 6 heteroatoms. The van der Waals surface area contributed by atoms with E-state index in [1.165, 1.54) is 7.11 Å². The maximum absolute atomic E-state index is 10.5. The zero-order valence-corrected chi connectivity index (χ0v) is 15.1. The van der Waals surface area contributed by atoms with E-state index in [4.69, 9.17) is 9.47 Å².